The van der Waals surface area contributed by atoms with E-state index in [4.69, 9.17) is 16.3 Å². The Morgan fingerprint density at radius 3 is 2.75 bits per heavy atom. The fourth-order valence-corrected chi connectivity index (χ4v) is 2.58. The minimum atomic E-state index is -0.320. The van der Waals surface area contributed by atoms with Gasteiger partial charge in [-0.15, -0.1) is 0 Å². The topological polar surface area (TPSA) is 14.2 Å². The number of ether oxygens (including phenoxy) is 1. The molecule has 0 aliphatic heterocycles. The van der Waals surface area contributed by atoms with Crippen molar-refractivity contribution in [2.24, 2.45) is 0 Å². The average Bonchev–Trinajstić information content (AvgIpc) is 2.86. The molecule has 1 aromatic heterocycles. The Kier molecular flexibility index (Phi) is 3.36. The number of aromatic nitrogens is 1. The Bertz CT molecular complexity index is 766. The lowest BCUT2D eigenvalue weighted by Gasteiger charge is -2.09. The van der Waals surface area contributed by atoms with Crippen molar-refractivity contribution in [3.05, 3.63) is 65.1 Å². The predicted molar refractivity (Wildman–Crippen MR) is 79.0 cm³/mol. The van der Waals surface area contributed by atoms with Gasteiger partial charge in [-0.1, -0.05) is 29.8 Å². The summed E-state index contributed by atoms with van der Waals surface area (Å²) in [5, 5.41) is 1.67. The van der Waals surface area contributed by atoms with Crippen LogP contribution in [0.25, 0.3) is 10.9 Å². The van der Waals surface area contributed by atoms with Gasteiger partial charge in [0, 0.05) is 27.7 Å². The highest BCUT2D eigenvalue weighted by atomic mass is 35.5. The zero-order valence-electron chi connectivity index (χ0n) is 10.9. The lowest BCUT2D eigenvalue weighted by Crippen LogP contribution is -2.02. The van der Waals surface area contributed by atoms with E-state index in [1.165, 1.54) is 7.11 Å². The van der Waals surface area contributed by atoms with Gasteiger partial charge in [0.2, 0.25) is 0 Å². The number of benzene rings is 2. The first-order valence-corrected chi connectivity index (χ1v) is 6.63. The van der Waals surface area contributed by atoms with Crippen LogP contribution >= 0.6 is 11.6 Å². The summed E-state index contributed by atoms with van der Waals surface area (Å²) in [5.41, 5.74) is 1.57. The molecule has 3 aromatic rings. The molecule has 0 N–H and O–H groups in total. The van der Waals surface area contributed by atoms with E-state index in [2.05, 4.69) is 0 Å². The van der Waals surface area contributed by atoms with Crippen LogP contribution in [0.1, 0.15) is 5.56 Å². The molecule has 0 saturated carbocycles. The number of fused-ring (bicyclic) bond motifs is 1. The first-order valence-electron chi connectivity index (χ1n) is 6.25. The second-order valence-corrected chi connectivity index (χ2v) is 4.96. The van der Waals surface area contributed by atoms with Crippen LogP contribution in [0, 0.1) is 5.82 Å². The first kappa shape index (κ1) is 13.0. The average molecular weight is 290 g/mol. The fraction of sp³-hybridized carbons (Fsp3) is 0.125. The van der Waals surface area contributed by atoms with E-state index in [0.717, 1.165) is 10.9 Å². The molecule has 0 saturated heterocycles. The zero-order valence-corrected chi connectivity index (χ0v) is 11.7. The van der Waals surface area contributed by atoms with Crippen molar-refractivity contribution in [3.8, 4) is 5.75 Å². The summed E-state index contributed by atoms with van der Waals surface area (Å²) >= 11 is 6.14. The fourth-order valence-electron chi connectivity index (χ4n) is 2.34. The Balaban J connectivity index is 2.04. The van der Waals surface area contributed by atoms with Gasteiger partial charge in [0.1, 0.15) is 0 Å². The van der Waals surface area contributed by atoms with Crippen molar-refractivity contribution < 1.29 is 9.13 Å². The highest BCUT2D eigenvalue weighted by molar-refractivity contribution is 6.35. The van der Waals surface area contributed by atoms with Gasteiger partial charge in [0.15, 0.2) is 11.6 Å². The summed E-state index contributed by atoms with van der Waals surface area (Å²) in [5.74, 6) is -0.0594. The van der Waals surface area contributed by atoms with E-state index in [1.54, 1.807) is 18.2 Å². The van der Waals surface area contributed by atoms with Crippen molar-refractivity contribution in [1.29, 1.82) is 0 Å². The molecule has 1 heterocycles. The van der Waals surface area contributed by atoms with Crippen molar-refractivity contribution in [2.45, 2.75) is 6.54 Å². The van der Waals surface area contributed by atoms with E-state index in [1.807, 2.05) is 35.0 Å². The van der Waals surface area contributed by atoms with Crippen LogP contribution in [-0.4, -0.2) is 11.7 Å². The van der Waals surface area contributed by atoms with Gasteiger partial charge in [-0.05, 0) is 24.3 Å². The highest BCUT2D eigenvalue weighted by Gasteiger charge is 2.10. The normalized spacial score (nSPS) is 10.9. The standard InChI is InChI=1S/C16H13ClFNO/c1-20-15-7-2-4-11(16(15)18)10-19-9-8-12-13(17)5-3-6-14(12)19/h2-9H,10H2,1H3. The van der Waals surface area contributed by atoms with Crippen LogP contribution in [0.4, 0.5) is 4.39 Å². The van der Waals surface area contributed by atoms with Crippen LogP contribution in [-0.2, 0) is 6.54 Å². The monoisotopic (exact) mass is 289 g/mol. The third-order valence-corrected chi connectivity index (χ3v) is 3.69. The molecule has 0 fully saturated rings. The zero-order chi connectivity index (χ0) is 14.1. The van der Waals surface area contributed by atoms with E-state index in [9.17, 15) is 4.39 Å². The second kappa shape index (κ2) is 5.17. The summed E-state index contributed by atoms with van der Waals surface area (Å²) in [6.45, 7) is 0.437. The Morgan fingerprint density at radius 2 is 1.95 bits per heavy atom. The molecule has 0 aliphatic carbocycles. The van der Waals surface area contributed by atoms with Gasteiger partial charge in [-0.25, -0.2) is 4.39 Å². The Morgan fingerprint density at radius 1 is 1.15 bits per heavy atom. The summed E-state index contributed by atoms with van der Waals surface area (Å²) in [6, 6.07) is 12.8. The molecular formula is C16H13ClFNO. The van der Waals surface area contributed by atoms with E-state index >= 15 is 0 Å². The van der Waals surface area contributed by atoms with Gasteiger partial charge in [0.25, 0.3) is 0 Å². The molecule has 2 aromatic carbocycles. The van der Waals surface area contributed by atoms with Crippen molar-refractivity contribution >= 4 is 22.5 Å². The van der Waals surface area contributed by atoms with Crippen LogP contribution in [0.15, 0.2) is 48.7 Å². The molecule has 4 heteroatoms. The molecule has 3 rings (SSSR count). The van der Waals surface area contributed by atoms with E-state index in [-0.39, 0.29) is 11.6 Å². The van der Waals surface area contributed by atoms with Crippen LogP contribution in [0.2, 0.25) is 5.02 Å². The molecule has 0 spiro atoms. The molecule has 0 unspecified atom stereocenters. The first-order chi connectivity index (χ1) is 9.70. The van der Waals surface area contributed by atoms with Crippen molar-refractivity contribution in [1.82, 2.24) is 4.57 Å². The van der Waals surface area contributed by atoms with Gasteiger partial charge in [0.05, 0.1) is 13.7 Å². The smallest absolute Gasteiger partial charge is 0.170 e. The van der Waals surface area contributed by atoms with E-state index < -0.39 is 0 Å². The molecule has 0 atom stereocenters. The SMILES string of the molecule is COc1cccc(Cn2ccc3c(Cl)cccc32)c1F. The minimum Gasteiger partial charge on any atom is -0.494 e. The predicted octanol–water partition coefficient (Wildman–Crippen LogP) is 4.49. The van der Waals surface area contributed by atoms with Crippen molar-refractivity contribution in [2.75, 3.05) is 7.11 Å². The Hall–Kier alpha value is -2.00. The highest BCUT2D eigenvalue weighted by Crippen LogP contribution is 2.26. The molecule has 0 amide bonds. The van der Waals surface area contributed by atoms with Gasteiger partial charge >= 0.3 is 0 Å². The third kappa shape index (κ3) is 2.14. The third-order valence-electron chi connectivity index (χ3n) is 3.36. The number of rotatable bonds is 3. The molecule has 20 heavy (non-hydrogen) atoms. The molecular weight excluding hydrogens is 277 g/mol. The molecule has 0 aliphatic rings. The lowest BCUT2D eigenvalue weighted by atomic mass is 10.2. The summed E-state index contributed by atoms with van der Waals surface area (Å²) in [7, 11) is 1.47. The quantitative estimate of drug-likeness (QED) is 0.693. The van der Waals surface area contributed by atoms with Crippen LogP contribution in [0.3, 0.4) is 0 Å². The maximum absolute atomic E-state index is 14.2. The maximum Gasteiger partial charge on any atom is 0.170 e. The number of hydrogen-bond donors (Lipinski definition) is 0. The molecule has 2 nitrogen and oxygen atoms in total. The maximum atomic E-state index is 14.2. The summed E-state index contributed by atoms with van der Waals surface area (Å²) < 4.78 is 21.2. The lowest BCUT2D eigenvalue weighted by molar-refractivity contribution is 0.383. The minimum absolute atomic E-state index is 0.261. The summed E-state index contributed by atoms with van der Waals surface area (Å²) in [4.78, 5) is 0. The molecule has 0 radical (unpaired) electrons. The summed E-state index contributed by atoms with van der Waals surface area (Å²) in [6.07, 6.45) is 1.91. The van der Waals surface area contributed by atoms with Gasteiger partial charge < -0.3 is 9.30 Å². The molecule has 102 valence electrons. The number of halogens is 2. The number of nitrogens with zero attached hydrogens (tertiary/aromatic N) is 1. The van der Waals surface area contributed by atoms with Gasteiger partial charge in [-0.3, -0.25) is 0 Å². The second-order valence-electron chi connectivity index (χ2n) is 4.55. The van der Waals surface area contributed by atoms with Crippen molar-refractivity contribution in [3.63, 3.8) is 0 Å². The van der Waals surface area contributed by atoms with E-state index in [0.29, 0.717) is 17.1 Å². The van der Waals surface area contributed by atoms with Crippen LogP contribution < -0.4 is 4.74 Å². The Labute approximate surface area is 121 Å². The molecule has 0 bridgehead atoms. The number of methoxy groups -OCH3 is 1. The van der Waals surface area contributed by atoms with Crippen LogP contribution in [0.5, 0.6) is 5.75 Å². The van der Waals surface area contributed by atoms with Gasteiger partial charge in [-0.2, -0.15) is 0 Å². The number of hydrogen-bond acceptors (Lipinski definition) is 1. The largest absolute Gasteiger partial charge is 0.494 e.